The molecule has 214 valence electrons. The molecule has 0 aliphatic heterocycles. The minimum atomic E-state index is -0.827. The van der Waals surface area contributed by atoms with Crippen LogP contribution < -0.4 is 5.32 Å². The van der Waals surface area contributed by atoms with Gasteiger partial charge in [0.15, 0.2) is 0 Å². The highest BCUT2D eigenvalue weighted by molar-refractivity contribution is 5.73. The first kappa shape index (κ1) is 35.2. The molecule has 0 unspecified atom stereocenters. The summed E-state index contributed by atoms with van der Waals surface area (Å²) in [6, 6.07) is 16.8. The van der Waals surface area contributed by atoms with Crippen LogP contribution in [0.25, 0.3) is 0 Å². The van der Waals surface area contributed by atoms with E-state index in [4.69, 9.17) is 15.3 Å². The largest absolute Gasteiger partial charge is 0.508 e. The van der Waals surface area contributed by atoms with Crippen molar-refractivity contribution in [2.75, 3.05) is 6.61 Å². The van der Waals surface area contributed by atoms with E-state index in [9.17, 15) is 9.90 Å². The van der Waals surface area contributed by atoms with Gasteiger partial charge in [-0.2, -0.15) is 0 Å². The van der Waals surface area contributed by atoms with Gasteiger partial charge in [-0.1, -0.05) is 120 Å². The number of unbranched alkanes of at least 4 members (excludes halogenated alkanes) is 11. The fourth-order valence-corrected chi connectivity index (χ4v) is 3.65. The maximum absolute atomic E-state index is 10.9. The van der Waals surface area contributed by atoms with Crippen molar-refractivity contribution < 1.29 is 25.2 Å². The fourth-order valence-electron chi connectivity index (χ4n) is 3.65. The number of carbonyl (C=O) groups excluding carboxylic acids is 1. The zero-order valence-corrected chi connectivity index (χ0v) is 23.5. The van der Waals surface area contributed by atoms with E-state index in [1.165, 1.54) is 71.1 Å². The van der Waals surface area contributed by atoms with E-state index in [-0.39, 0.29) is 12.5 Å². The van der Waals surface area contributed by atoms with Gasteiger partial charge in [-0.25, -0.2) is 0 Å². The molecule has 5 N–H and O–H groups in total. The maximum Gasteiger partial charge on any atom is 0.217 e. The van der Waals surface area contributed by atoms with Crippen LogP contribution in [0.3, 0.4) is 0 Å². The smallest absolute Gasteiger partial charge is 0.217 e. The topological polar surface area (TPSA) is 110 Å². The fraction of sp³-hybridized carbons (Fsp3) is 0.531. The molecule has 0 saturated carbocycles. The number of carbonyl (C=O) groups is 1. The normalized spacial score (nSPS) is 12.0. The number of hydrogen-bond donors (Lipinski definition) is 5. The number of rotatable bonds is 16. The van der Waals surface area contributed by atoms with Gasteiger partial charge in [0.25, 0.3) is 0 Å². The lowest BCUT2D eigenvalue weighted by Crippen LogP contribution is -2.44. The highest BCUT2D eigenvalue weighted by Gasteiger charge is 2.15. The van der Waals surface area contributed by atoms with E-state index in [2.05, 4.69) is 12.2 Å². The Bertz CT molecular complexity index is 761. The number of nitrogens with one attached hydrogen (secondary N) is 1. The van der Waals surface area contributed by atoms with Crippen molar-refractivity contribution >= 4 is 5.91 Å². The molecule has 1 amide bonds. The van der Waals surface area contributed by atoms with Gasteiger partial charge in [0, 0.05) is 6.92 Å². The summed E-state index contributed by atoms with van der Waals surface area (Å²) >= 11 is 0. The first-order valence-corrected chi connectivity index (χ1v) is 14.1. The predicted octanol–water partition coefficient (Wildman–Crippen LogP) is 6.89. The van der Waals surface area contributed by atoms with E-state index >= 15 is 0 Å². The summed E-state index contributed by atoms with van der Waals surface area (Å²) in [5.41, 5.74) is 0. The van der Waals surface area contributed by atoms with Gasteiger partial charge < -0.3 is 25.7 Å². The molecule has 0 spiro atoms. The minimum Gasteiger partial charge on any atom is -0.508 e. The van der Waals surface area contributed by atoms with E-state index in [1.54, 1.807) is 54.6 Å². The van der Waals surface area contributed by atoms with Crippen molar-refractivity contribution in [3.63, 3.8) is 0 Å². The van der Waals surface area contributed by atoms with Crippen LogP contribution in [-0.4, -0.2) is 45.1 Å². The second-order valence-electron chi connectivity index (χ2n) is 9.40. The lowest BCUT2D eigenvalue weighted by molar-refractivity contribution is -0.120. The summed E-state index contributed by atoms with van der Waals surface area (Å²) in [6.45, 7) is 3.37. The number of phenolic OH excluding ortho intramolecular Hbond substituents is 2. The number of aliphatic hydroxyl groups excluding tert-OH is 2. The van der Waals surface area contributed by atoms with Crippen molar-refractivity contribution in [3.8, 4) is 11.5 Å². The molecule has 0 aliphatic carbocycles. The zero-order valence-electron chi connectivity index (χ0n) is 23.5. The molecule has 0 aromatic heterocycles. The number of aromatic hydroxyl groups is 2. The molecule has 2 aromatic rings. The van der Waals surface area contributed by atoms with Gasteiger partial charge in [0.1, 0.15) is 11.5 Å². The molecule has 0 fully saturated rings. The van der Waals surface area contributed by atoms with Gasteiger partial charge in [-0.15, -0.1) is 0 Å². The molecule has 38 heavy (non-hydrogen) atoms. The summed E-state index contributed by atoms with van der Waals surface area (Å²) in [4.78, 5) is 10.9. The molecule has 2 aromatic carbocycles. The molecule has 0 heterocycles. The SMILES string of the molecule is CCCCCCCCCCCCC/C=C/[C@@H](O)[C@H](CO)NC(C)=O.Oc1ccccc1.Oc1ccccc1. The number of benzene rings is 2. The standard InChI is InChI=1S/C20H39NO3.2C6H6O/c1-3-4-5-6-7-8-9-10-11-12-13-14-15-16-20(24)19(17-22)21-18(2)23;2*7-6-4-2-1-3-5-6/h15-16,19-20,22,24H,3-14,17H2,1-2H3,(H,21,23);2*1-5,7H/b16-15+;;/t19-,20+;;/m0../s1. The van der Waals surface area contributed by atoms with Crippen LogP contribution in [-0.2, 0) is 4.79 Å². The van der Waals surface area contributed by atoms with Crippen LogP contribution in [0.2, 0.25) is 0 Å². The summed E-state index contributed by atoms with van der Waals surface area (Å²) in [5, 5.41) is 38.8. The van der Waals surface area contributed by atoms with E-state index < -0.39 is 12.1 Å². The molecule has 0 radical (unpaired) electrons. The Kier molecular flexibility index (Phi) is 23.9. The van der Waals surface area contributed by atoms with Crippen molar-refractivity contribution in [1.29, 1.82) is 0 Å². The van der Waals surface area contributed by atoms with Crippen LogP contribution in [0, 0.1) is 0 Å². The van der Waals surface area contributed by atoms with Crippen molar-refractivity contribution in [2.24, 2.45) is 0 Å². The first-order valence-electron chi connectivity index (χ1n) is 14.1. The summed E-state index contributed by atoms with van der Waals surface area (Å²) in [5.74, 6) is 0.400. The average molecular weight is 530 g/mol. The third-order valence-corrected chi connectivity index (χ3v) is 5.82. The highest BCUT2D eigenvalue weighted by atomic mass is 16.3. The molecule has 0 saturated heterocycles. The Labute approximate surface area is 230 Å². The Morgan fingerprint density at radius 1 is 0.763 bits per heavy atom. The van der Waals surface area contributed by atoms with Gasteiger partial charge in [-0.3, -0.25) is 4.79 Å². The minimum absolute atomic E-state index is 0.244. The second-order valence-corrected chi connectivity index (χ2v) is 9.40. The monoisotopic (exact) mass is 529 g/mol. The lowest BCUT2D eigenvalue weighted by atomic mass is 10.0. The van der Waals surface area contributed by atoms with Gasteiger partial charge >= 0.3 is 0 Å². The molecule has 6 nitrogen and oxygen atoms in total. The molecular formula is C32H51NO5. The van der Waals surface area contributed by atoms with E-state index in [0.717, 1.165) is 12.8 Å². The zero-order chi connectivity index (χ0) is 28.3. The van der Waals surface area contributed by atoms with Crippen molar-refractivity contribution in [2.45, 2.75) is 103 Å². The van der Waals surface area contributed by atoms with Crippen LogP contribution in [0.4, 0.5) is 0 Å². The number of aliphatic hydroxyl groups is 2. The molecule has 2 atom stereocenters. The van der Waals surface area contributed by atoms with E-state index in [1.807, 2.05) is 18.2 Å². The highest BCUT2D eigenvalue weighted by Crippen LogP contribution is 2.12. The van der Waals surface area contributed by atoms with Crippen LogP contribution >= 0.6 is 0 Å². The van der Waals surface area contributed by atoms with Crippen molar-refractivity contribution in [1.82, 2.24) is 5.32 Å². The molecule has 0 bridgehead atoms. The third-order valence-electron chi connectivity index (χ3n) is 5.82. The Balaban J connectivity index is 0.000000775. The molecule has 0 aliphatic rings. The number of allylic oxidation sites excluding steroid dienone is 1. The van der Waals surface area contributed by atoms with Crippen molar-refractivity contribution in [3.05, 3.63) is 72.8 Å². The maximum atomic E-state index is 10.9. The van der Waals surface area contributed by atoms with E-state index in [0.29, 0.717) is 11.5 Å². The number of amides is 1. The Morgan fingerprint density at radius 3 is 1.53 bits per heavy atom. The van der Waals surface area contributed by atoms with Gasteiger partial charge in [0.05, 0.1) is 18.8 Å². The first-order chi connectivity index (χ1) is 18.4. The van der Waals surface area contributed by atoms with Crippen LogP contribution in [0.15, 0.2) is 72.8 Å². The van der Waals surface area contributed by atoms with Gasteiger partial charge in [-0.05, 0) is 37.1 Å². The number of phenols is 2. The molecule has 6 heteroatoms. The van der Waals surface area contributed by atoms with Crippen LogP contribution in [0.1, 0.15) is 90.9 Å². The Hall–Kier alpha value is -2.83. The number of para-hydroxylation sites is 2. The lowest BCUT2D eigenvalue weighted by Gasteiger charge is -2.18. The summed E-state index contributed by atoms with van der Waals surface area (Å²) in [7, 11) is 0. The Morgan fingerprint density at radius 2 is 1.18 bits per heavy atom. The predicted molar refractivity (Wildman–Crippen MR) is 157 cm³/mol. The third kappa shape index (κ3) is 23.6. The van der Waals surface area contributed by atoms with Crippen LogP contribution in [0.5, 0.6) is 11.5 Å². The summed E-state index contributed by atoms with van der Waals surface area (Å²) in [6.07, 6.45) is 18.3. The second kappa shape index (κ2) is 25.8. The van der Waals surface area contributed by atoms with Gasteiger partial charge in [0.2, 0.25) is 5.91 Å². The number of hydrogen-bond acceptors (Lipinski definition) is 5. The molecule has 2 rings (SSSR count). The quantitative estimate of drug-likeness (QED) is 0.120. The summed E-state index contributed by atoms with van der Waals surface area (Å²) < 4.78 is 0. The average Bonchev–Trinajstić information content (AvgIpc) is 2.91. The molecular weight excluding hydrogens is 478 g/mol.